The number of aliphatic hydroxyl groups excluding tert-OH is 9. The Bertz CT molecular complexity index is 1230. The first kappa shape index (κ1) is 40.0. The van der Waals surface area contributed by atoms with E-state index in [-0.39, 0.29) is 0 Å². The molecule has 25 nitrogen and oxygen atoms in total. The Balaban J connectivity index is 1.51. The third-order valence-electron chi connectivity index (χ3n) is 8.32. The van der Waals surface area contributed by atoms with Gasteiger partial charge < -0.3 is 104 Å². The minimum Gasteiger partial charge on any atom is -0.479 e. The van der Waals surface area contributed by atoms with Crippen molar-refractivity contribution in [2.45, 2.75) is 123 Å². The molecule has 0 spiro atoms. The Morgan fingerprint density at radius 2 is 0.660 bits per heavy atom. The van der Waals surface area contributed by atoms with Gasteiger partial charge in [0.25, 0.3) is 0 Å². The van der Waals surface area contributed by atoms with Crippen molar-refractivity contribution in [1.82, 2.24) is 0 Å². The Hall–Kier alpha value is -2.80. The fraction of sp³-hybridized carbons (Fsp3) is 0.840. The Morgan fingerprint density at radius 3 is 0.960 bits per heavy atom. The second-order valence-corrected chi connectivity index (χ2v) is 11.5. The molecule has 4 rings (SSSR count). The van der Waals surface area contributed by atoms with E-state index in [1.54, 1.807) is 0 Å². The van der Waals surface area contributed by atoms with Gasteiger partial charge in [-0.05, 0) is 0 Å². The van der Waals surface area contributed by atoms with E-state index in [0.29, 0.717) is 0 Å². The van der Waals surface area contributed by atoms with Gasteiger partial charge in [-0.2, -0.15) is 0 Å². The van der Waals surface area contributed by atoms with Gasteiger partial charge in [-0.15, -0.1) is 0 Å². The predicted octanol–water partition coefficient (Wildman–Crippen LogP) is -8.73. The number of hydrogen-bond acceptors (Lipinski definition) is 21. The number of ether oxygens (including phenoxy) is 8. The molecule has 25 heteroatoms. The van der Waals surface area contributed by atoms with Crippen molar-refractivity contribution in [1.29, 1.82) is 0 Å². The van der Waals surface area contributed by atoms with Crippen LogP contribution in [0.1, 0.15) is 0 Å². The Labute approximate surface area is 277 Å². The first-order valence-corrected chi connectivity index (χ1v) is 14.5. The molecule has 0 aromatic carbocycles. The number of hydrogen-bond donors (Lipinski definition) is 13. The molecule has 286 valence electrons. The summed E-state index contributed by atoms with van der Waals surface area (Å²) in [5, 5.41) is 132. The molecule has 4 heterocycles. The van der Waals surface area contributed by atoms with Gasteiger partial charge in [-0.3, -0.25) is 0 Å². The maximum absolute atomic E-state index is 12.1. The van der Waals surface area contributed by atoms with Crippen molar-refractivity contribution < 1.29 is 123 Å². The average molecular weight is 737 g/mol. The molecule has 0 aromatic heterocycles. The highest BCUT2D eigenvalue weighted by Gasteiger charge is 2.58. The van der Waals surface area contributed by atoms with E-state index in [2.05, 4.69) is 4.74 Å². The second kappa shape index (κ2) is 15.8. The van der Waals surface area contributed by atoms with Crippen LogP contribution in [0.2, 0.25) is 0 Å². The van der Waals surface area contributed by atoms with Crippen LogP contribution in [0.3, 0.4) is 0 Å². The van der Waals surface area contributed by atoms with Crippen LogP contribution in [0.25, 0.3) is 0 Å². The van der Waals surface area contributed by atoms with Crippen molar-refractivity contribution >= 4 is 23.9 Å². The summed E-state index contributed by atoms with van der Waals surface area (Å²) in [6.07, 6.45) is -44.4. The number of carboxylic acids is 4. The van der Waals surface area contributed by atoms with Crippen LogP contribution < -0.4 is 0 Å². The van der Waals surface area contributed by atoms with Crippen LogP contribution in [0.5, 0.6) is 0 Å². The molecule has 4 fully saturated rings. The molecular weight excluding hydrogens is 700 g/mol. The molecule has 8 unspecified atom stereocenters. The molecule has 0 amide bonds. The van der Waals surface area contributed by atoms with Gasteiger partial charge in [-0.1, -0.05) is 0 Å². The van der Waals surface area contributed by atoms with Gasteiger partial charge >= 0.3 is 23.9 Å². The van der Waals surface area contributed by atoms with Gasteiger partial charge in [0.2, 0.25) is 0 Å². The zero-order chi connectivity index (χ0) is 37.5. The van der Waals surface area contributed by atoms with E-state index in [0.717, 1.165) is 7.11 Å². The molecule has 0 aliphatic carbocycles. The molecule has 20 atom stereocenters. The summed E-state index contributed by atoms with van der Waals surface area (Å²) in [5.41, 5.74) is 0. The first-order chi connectivity index (χ1) is 23.3. The van der Waals surface area contributed by atoms with Gasteiger partial charge in [0.1, 0.15) is 73.2 Å². The zero-order valence-electron chi connectivity index (χ0n) is 25.3. The summed E-state index contributed by atoms with van der Waals surface area (Å²) < 4.78 is 40.6. The lowest BCUT2D eigenvalue weighted by atomic mass is 9.95. The summed E-state index contributed by atoms with van der Waals surface area (Å²) in [5.74, 6) is -7.45. The van der Waals surface area contributed by atoms with Gasteiger partial charge in [0, 0.05) is 7.11 Å². The summed E-state index contributed by atoms with van der Waals surface area (Å²) >= 11 is 0. The smallest absolute Gasteiger partial charge is 0.335 e. The minimum atomic E-state index is -2.42. The van der Waals surface area contributed by atoms with Crippen LogP contribution in [0.15, 0.2) is 0 Å². The molecule has 13 N–H and O–H groups in total. The van der Waals surface area contributed by atoms with E-state index in [4.69, 9.17) is 33.2 Å². The number of rotatable bonds is 11. The molecule has 0 aromatic rings. The highest BCUT2D eigenvalue weighted by molar-refractivity contribution is 5.75. The summed E-state index contributed by atoms with van der Waals surface area (Å²) in [6.45, 7) is 0. The summed E-state index contributed by atoms with van der Waals surface area (Å²) in [7, 11) is 0.994. The second-order valence-electron chi connectivity index (χ2n) is 11.5. The van der Waals surface area contributed by atoms with E-state index in [1.807, 2.05) is 0 Å². The molecular formula is C25H36O25. The number of carboxylic acid groups (broad SMARTS) is 4. The fourth-order valence-corrected chi connectivity index (χ4v) is 5.68. The van der Waals surface area contributed by atoms with Crippen molar-refractivity contribution in [2.24, 2.45) is 0 Å². The monoisotopic (exact) mass is 736 g/mol. The topological polar surface area (TPSA) is 405 Å². The van der Waals surface area contributed by atoms with Crippen molar-refractivity contribution in [2.75, 3.05) is 7.11 Å². The average Bonchev–Trinajstić information content (AvgIpc) is 3.05. The molecule has 0 bridgehead atoms. The summed E-state index contributed by atoms with van der Waals surface area (Å²) in [6, 6.07) is 0. The van der Waals surface area contributed by atoms with E-state index < -0.39 is 147 Å². The van der Waals surface area contributed by atoms with Crippen LogP contribution >= 0.6 is 0 Å². The Kier molecular flexibility index (Phi) is 12.7. The number of methoxy groups -OCH3 is 1. The maximum atomic E-state index is 12.1. The summed E-state index contributed by atoms with van der Waals surface area (Å²) in [4.78, 5) is 47.5. The Morgan fingerprint density at radius 1 is 0.400 bits per heavy atom. The zero-order valence-corrected chi connectivity index (χ0v) is 25.3. The van der Waals surface area contributed by atoms with Crippen molar-refractivity contribution in [3.05, 3.63) is 0 Å². The van der Waals surface area contributed by atoms with Crippen molar-refractivity contribution in [3.63, 3.8) is 0 Å². The molecule has 4 saturated heterocycles. The van der Waals surface area contributed by atoms with Crippen LogP contribution in [0, 0.1) is 0 Å². The lowest BCUT2D eigenvalue weighted by Gasteiger charge is -2.47. The number of aliphatic carboxylic acids is 4. The van der Waals surface area contributed by atoms with Gasteiger partial charge in [0.05, 0.1) is 0 Å². The lowest BCUT2D eigenvalue weighted by molar-refractivity contribution is -0.378. The molecule has 0 radical (unpaired) electrons. The molecule has 50 heavy (non-hydrogen) atoms. The number of carbonyl (C=O) groups is 4. The predicted molar refractivity (Wildman–Crippen MR) is 141 cm³/mol. The highest BCUT2D eigenvalue weighted by atomic mass is 16.8. The maximum Gasteiger partial charge on any atom is 0.335 e. The lowest BCUT2D eigenvalue weighted by Crippen LogP contribution is -2.68. The third-order valence-corrected chi connectivity index (χ3v) is 8.32. The quantitative estimate of drug-likeness (QED) is 0.0936. The number of aliphatic hydroxyl groups is 9. The van der Waals surface area contributed by atoms with Crippen LogP contribution in [0.4, 0.5) is 0 Å². The van der Waals surface area contributed by atoms with Crippen LogP contribution in [-0.4, -0.2) is 220 Å². The SMILES string of the molecule is CO[C@@H]1C(C(=O)O)O[C@@H](O[C@H]2C(O)C(O)[C@H](O[C@@H]3C(C(=O)O)O[C@@H](O[C@H]4C(O)C(O)[C@H](O)O[C@H]4C(=O)O)C(O)[C@H]3O)O[C@H]2C(=O)O)C(O)[C@@H]1O. The minimum absolute atomic E-state index is 0.994. The van der Waals surface area contributed by atoms with E-state index in [9.17, 15) is 85.6 Å². The van der Waals surface area contributed by atoms with Crippen LogP contribution in [-0.2, 0) is 57.1 Å². The van der Waals surface area contributed by atoms with Gasteiger partial charge in [-0.25, -0.2) is 19.2 Å². The molecule has 0 saturated carbocycles. The molecule has 4 aliphatic rings. The standard InChI is InChI=1S/C25H36O25/c1-43-10-3(27)7(31)23(48-14(10)18(34)35)46-12-5(29)9(33)25(50-16(12)20(38)39)47-13-4(28)8(32)24(49-17(13)21(40)41)45-11-2(26)6(30)22(42)44-15(11)19(36)37/h2-17,22-33,42H,1H3,(H,34,35)(H,36,37)(H,38,39)(H,40,41)/t2?,3-,4+,5?,6?,7?,8?,9?,10-,11-,12-,13-,14?,15+,16+,17?,22+,23+,24+,25+/m0/s1. The largest absolute Gasteiger partial charge is 0.479 e. The van der Waals surface area contributed by atoms with Gasteiger partial charge in [0.15, 0.2) is 49.6 Å². The molecule has 4 aliphatic heterocycles. The van der Waals surface area contributed by atoms with E-state index in [1.165, 1.54) is 0 Å². The first-order valence-electron chi connectivity index (χ1n) is 14.5. The highest BCUT2D eigenvalue weighted by Crippen LogP contribution is 2.34. The fourth-order valence-electron chi connectivity index (χ4n) is 5.68. The van der Waals surface area contributed by atoms with E-state index >= 15 is 0 Å². The third kappa shape index (κ3) is 7.68. The normalized spacial score (nSPS) is 48.4. The van der Waals surface area contributed by atoms with Crippen molar-refractivity contribution in [3.8, 4) is 0 Å².